The summed E-state index contributed by atoms with van der Waals surface area (Å²) in [5.74, 6) is 0.324. The van der Waals surface area contributed by atoms with Crippen LogP contribution in [0.25, 0.3) is 22.1 Å². The quantitative estimate of drug-likeness (QED) is 0.326. The van der Waals surface area contributed by atoms with Crippen LogP contribution >= 0.6 is 0 Å². The molecular formula is C28H29NO5. The molecule has 0 aliphatic carbocycles. The fraction of sp³-hybridized carbons (Fsp3) is 0.250. The van der Waals surface area contributed by atoms with Crippen LogP contribution in [0.4, 0.5) is 0 Å². The lowest BCUT2D eigenvalue weighted by Crippen LogP contribution is -2.21. The molecule has 34 heavy (non-hydrogen) atoms. The van der Waals surface area contributed by atoms with E-state index in [1.807, 2.05) is 48.5 Å². The molecule has 0 saturated heterocycles. The number of nitrogens with two attached hydrogens (primary N) is 1. The molecule has 0 saturated carbocycles. The number of carbonyl (C=O) groups is 1. The van der Waals surface area contributed by atoms with Crippen LogP contribution in [-0.4, -0.2) is 25.8 Å². The second kappa shape index (κ2) is 11.0. The first-order valence-corrected chi connectivity index (χ1v) is 11.3. The molecule has 0 fully saturated rings. The Labute approximate surface area is 199 Å². The fourth-order valence-corrected chi connectivity index (χ4v) is 3.96. The van der Waals surface area contributed by atoms with E-state index in [-0.39, 0.29) is 18.5 Å². The van der Waals surface area contributed by atoms with Crippen molar-refractivity contribution in [3.05, 3.63) is 89.7 Å². The van der Waals surface area contributed by atoms with Gasteiger partial charge in [-0.2, -0.15) is 0 Å². The lowest BCUT2D eigenvalue weighted by molar-refractivity contribution is -0.149. The summed E-state index contributed by atoms with van der Waals surface area (Å²) >= 11 is 0. The molecule has 176 valence electrons. The minimum atomic E-state index is -0.320. The summed E-state index contributed by atoms with van der Waals surface area (Å²) in [6.07, 6.45) is 1.51. The molecule has 6 heteroatoms. The van der Waals surface area contributed by atoms with Crippen molar-refractivity contribution in [2.45, 2.75) is 32.6 Å². The SMILES string of the molecule is COCC(C)OC(=O)Cc1ccccc1OCc1cc(-c2cccc(CN)c2)c2ccoc2c1. The summed E-state index contributed by atoms with van der Waals surface area (Å²) in [5.41, 5.74) is 11.6. The molecule has 1 aromatic heterocycles. The average Bonchev–Trinajstić information content (AvgIpc) is 3.32. The summed E-state index contributed by atoms with van der Waals surface area (Å²) in [6.45, 7) is 2.96. The molecule has 0 aliphatic rings. The highest BCUT2D eigenvalue weighted by Gasteiger charge is 2.14. The molecule has 1 atom stereocenters. The van der Waals surface area contributed by atoms with Crippen molar-refractivity contribution >= 4 is 16.9 Å². The molecule has 4 rings (SSSR count). The van der Waals surface area contributed by atoms with Crippen molar-refractivity contribution < 1.29 is 23.4 Å². The number of benzene rings is 3. The molecule has 4 aromatic rings. The molecule has 3 aromatic carbocycles. The molecule has 0 radical (unpaired) electrons. The van der Waals surface area contributed by atoms with E-state index in [0.29, 0.717) is 25.5 Å². The van der Waals surface area contributed by atoms with Gasteiger partial charge < -0.3 is 24.4 Å². The van der Waals surface area contributed by atoms with Crippen LogP contribution in [0.5, 0.6) is 5.75 Å². The lowest BCUT2D eigenvalue weighted by atomic mass is 9.98. The highest BCUT2D eigenvalue weighted by atomic mass is 16.6. The van der Waals surface area contributed by atoms with E-state index in [9.17, 15) is 4.79 Å². The van der Waals surface area contributed by atoms with Gasteiger partial charge in [0, 0.05) is 24.6 Å². The number of esters is 1. The van der Waals surface area contributed by atoms with E-state index in [1.54, 1.807) is 20.3 Å². The second-order valence-corrected chi connectivity index (χ2v) is 8.21. The zero-order chi connectivity index (χ0) is 23.9. The Morgan fingerprint density at radius 2 is 1.88 bits per heavy atom. The van der Waals surface area contributed by atoms with Crippen LogP contribution in [0, 0.1) is 0 Å². The van der Waals surface area contributed by atoms with E-state index in [4.69, 9.17) is 24.4 Å². The van der Waals surface area contributed by atoms with Crippen LogP contribution in [-0.2, 0) is 33.8 Å². The Morgan fingerprint density at radius 1 is 1.03 bits per heavy atom. The molecule has 0 aliphatic heterocycles. The minimum Gasteiger partial charge on any atom is -0.489 e. The van der Waals surface area contributed by atoms with Gasteiger partial charge in [-0.25, -0.2) is 0 Å². The molecule has 0 spiro atoms. The van der Waals surface area contributed by atoms with E-state index in [1.165, 1.54) is 0 Å². The molecule has 0 amide bonds. The van der Waals surface area contributed by atoms with E-state index in [2.05, 4.69) is 18.2 Å². The lowest BCUT2D eigenvalue weighted by Gasteiger charge is -2.15. The number of fused-ring (bicyclic) bond motifs is 1. The van der Waals surface area contributed by atoms with Crippen LogP contribution in [0.2, 0.25) is 0 Å². The fourth-order valence-electron chi connectivity index (χ4n) is 3.96. The largest absolute Gasteiger partial charge is 0.489 e. The number of methoxy groups -OCH3 is 1. The smallest absolute Gasteiger partial charge is 0.310 e. The highest BCUT2D eigenvalue weighted by molar-refractivity contribution is 5.94. The number of ether oxygens (including phenoxy) is 3. The van der Waals surface area contributed by atoms with Gasteiger partial charge in [0.25, 0.3) is 0 Å². The molecule has 1 unspecified atom stereocenters. The third-order valence-electron chi connectivity index (χ3n) is 5.54. The van der Waals surface area contributed by atoms with Crippen molar-refractivity contribution in [2.24, 2.45) is 5.73 Å². The summed E-state index contributed by atoms with van der Waals surface area (Å²) in [4.78, 5) is 12.3. The molecular weight excluding hydrogens is 430 g/mol. The predicted octanol–water partition coefficient (Wildman–Crippen LogP) is 5.26. The van der Waals surface area contributed by atoms with Crippen LogP contribution in [0.15, 0.2) is 77.4 Å². The maximum absolute atomic E-state index is 12.3. The van der Waals surface area contributed by atoms with E-state index >= 15 is 0 Å². The zero-order valence-electron chi connectivity index (χ0n) is 19.5. The van der Waals surface area contributed by atoms with Gasteiger partial charge in [0.2, 0.25) is 0 Å². The minimum absolute atomic E-state index is 0.124. The van der Waals surface area contributed by atoms with Crippen LogP contribution in [0.3, 0.4) is 0 Å². The van der Waals surface area contributed by atoms with Gasteiger partial charge in [0.1, 0.15) is 24.0 Å². The molecule has 6 nitrogen and oxygen atoms in total. The first-order valence-electron chi connectivity index (χ1n) is 11.3. The van der Waals surface area contributed by atoms with Gasteiger partial charge in [-0.15, -0.1) is 0 Å². The molecule has 2 N–H and O–H groups in total. The van der Waals surface area contributed by atoms with E-state index < -0.39 is 0 Å². The number of furan rings is 1. The van der Waals surface area contributed by atoms with Crippen molar-refractivity contribution in [1.82, 2.24) is 0 Å². The Balaban J connectivity index is 1.54. The Morgan fingerprint density at radius 3 is 2.71 bits per heavy atom. The van der Waals surface area contributed by atoms with Crippen molar-refractivity contribution in [2.75, 3.05) is 13.7 Å². The average molecular weight is 460 g/mol. The van der Waals surface area contributed by atoms with Crippen molar-refractivity contribution in [1.29, 1.82) is 0 Å². The summed E-state index contributed by atoms with van der Waals surface area (Å²) in [6, 6.07) is 21.7. The first-order chi connectivity index (χ1) is 16.6. The van der Waals surface area contributed by atoms with Gasteiger partial charge in [0.05, 0.1) is 19.3 Å². The Bertz CT molecular complexity index is 1260. The van der Waals surface area contributed by atoms with Crippen LogP contribution < -0.4 is 10.5 Å². The summed E-state index contributed by atoms with van der Waals surface area (Å²) in [5, 5.41) is 1.03. The summed E-state index contributed by atoms with van der Waals surface area (Å²) < 4.78 is 22.3. The topological polar surface area (TPSA) is 83.9 Å². The number of carbonyl (C=O) groups excluding carboxylic acids is 1. The van der Waals surface area contributed by atoms with E-state index in [0.717, 1.165) is 38.8 Å². The summed E-state index contributed by atoms with van der Waals surface area (Å²) in [7, 11) is 1.58. The monoisotopic (exact) mass is 459 g/mol. The van der Waals surface area contributed by atoms with Gasteiger partial charge >= 0.3 is 5.97 Å². The first kappa shape index (κ1) is 23.5. The third kappa shape index (κ3) is 5.65. The zero-order valence-corrected chi connectivity index (χ0v) is 19.5. The van der Waals surface area contributed by atoms with Gasteiger partial charge in [-0.3, -0.25) is 4.79 Å². The maximum atomic E-state index is 12.3. The van der Waals surface area contributed by atoms with Gasteiger partial charge in [0.15, 0.2) is 0 Å². The standard InChI is InChI=1S/C28H29NO5/c1-19(17-31-2)34-28(30)15-23-7-3-4-9-26(23)33-18-21-13-25(24-10-11-32-27(24)14-21)22-8-5-6-20(12-22)16-29/h3-14,19H,15-18,29H2,1-2H3. The third-order valence-corrected chi connectivity index (χ3v) is 5.54. The molecule has 0 bridgehead atoms. The van der Waals surface area contributed by atoms with Crippen molar-refractivity contribution in [3.63, 3.8) is 0 Å². The predicted molar refractivity (Wildman–Crippen MR) is 131 cm³/mol. The normalized spacial score (nSPS) is 12.0. The van der Waals surface area contributed by atoms with Gasteiger partial charge in [-0.05, 0) is 59.5 Å². The van der Waals surface area contributed by atoms with Crippen LogP contribution in [0.1, 0.15) is 23.6 Å². The second-order valence-electron chi connectivity index (χ2n) is 8.21. The number of rotatable bonds is 10. The maximum Gasteiger partial charge on any atom is 0.310 e. The number of hydrogen-bond acceptors (Lipinski definition) is 6. The van der Waals surface area contributed by atoms with Crippen molar-refractivity contribution in [3.8, 4) is 16.9 Å². The van der Waals surface area contributed by atoms with Gasteiger partial charge in [-0.1, -0.05) is 36.4 Å². The number of hydrogen-bond donors (Lipinski definition) is 1. The highest BCUT2D eigenvalue weighted by Crippen LogP contribution is 2.32. The number of para-hydroxylation sites is 1. The Hall–Kier alpha value is -3.61. The molecule has 1 heterocycles. The Kier molecular flexibility index (Phi) is 7.62.